The van der Waals surface area contributed by atoms with Crippen molar-refractivity contribution < 1.29 is 8.42 Å². The van der Waals surface area contributed by atoms with Gasteiger partial charge in [-0.05, 0) is 32.9 Å². The van der Waals surface area contributed by atoms with Gasteiger partial charge in [-0.1, -0.05) is 6.42 Å². The van der Waals surface area contributed by atoms with Crippen molar-refractivity contribution in [3.8, 4) is 0 Å². The molecule has 0 saturated carbocycles. The van der Waals surface area contributed by atoms with Crippen molar-refractivity contribution >= 4 is 10.0 Å². The molecule has 6 heteroatoms. The molecular formula is C12H25N3O2S. The number of nitrogens with one attached hydrogen (secondary N) is 1. The molecular weight excluding hydrogens is 250 g/mol. The minimum atomic E-state index is -3.04. The summed E-state index contributed by atoms with van der Waals surface area (Å²) in [6.07, 6.45) is 4.33. The SMILES string of the molecule is CN1CCN(S(=O)(=O)CCC2CCCCN2)CC1. The maximum atomic E-state index is 12.2. The summed E-state index contributed by atoms with van der Waals surface area (Å²) in [6, 6.07) is 0.404. The van der Waals surface area contributed by atoms with Crippen molar-refractivity contribution in [1.29, 1.82) is 0 Å². The van der Waals surface area contributed by atoms with Gasteiger partial charge in [0, 0.05) is 32.2 Å². The monoisotopic (exact) mass is 275 g/mol. The van der Waals surface area contributed by atoms with Crippen LogP contribution in [-0.2, 0) is 10.0 Å². The van der Waals surface area contributed by atoms with Crippen LogP contribution in [0.5, 0.6) is 0 Å². The van der Waals surface area contributed by atoms with E-state index in [0.717, 1.165) is 32.5 Å². The van der Waals surface area contributed by atoms with Gasteiger partial charge < -0.3 is 10.2 Å². The van der Waals surface area contributed by atoms with E-state index in [-0.39, 0.29) is 0 Å². The highest BCUT2D eigenvalue weighted by Crippen LogP contribution is 2.13. The van der Waals surface area contributed by atoms with Gasteiger partial charge in [-0.25, -0.2) is 8.42 Å². The van der Waals surface area contributed by atoms with E-state index in [9.17, 15) is 8.42 Å². The predicted molar refractivity (Wildman–Crippen MR) is 73.1 cm³/mol. The van der Waals surface area contributed by atoms with Gasteiger partial charge >= 0.3 is 0 Å². The highest BCUT2D eigenvalue weighted by Gasteiger charge is 2.26. The number of likely N-dealkylation sites (N-methyl/N-ethyl adjacent to an activating group) is 1. The Morgan fingerprint density at radius 1 is 1.17 bits per heavy atom. The lowest BCUT2D eigenvalue weighted by atomic mass is 10.0. The molecule has 2 fully saturated rings. The Morgan fingerprint density at radius 3 is 2.50 bits per heavy atom. The summed E-state index contributed by atoms with van der Waals surface area (Å²) >= 11 is 0. The Kier molecular flexibility index (Phi) is 5.00. The van der Waals surface area contributed by atoms with Crippen LogP contribution in [0.1, 0.15) is 25.7 Å². The molecule has 2 aliphatic heterocycles. The van der Waals surface area contributed by atoms with Crippen molar-refractivity contribution in [2.45, 2.75) is 31.7 Å². The summed E-state index contributed by atoms with van der Waals surface area (Å²) in [4.78, 5) is 2.18. The number of hydrogen-bond donors (Lipinski definition) is 1. The Labute approximate surface area is 111 Å². The molecule has 2 saturated heterocycles. The molecule has 0 radical (unpaired) electrons. The molecule has 2 aliphatic rings. The summed E-state index contributed by atoms with van der Waals surface area (Å²) < 4.78 is 26.1. The summed E-state index contributed by atoms with van der Waals surface area (Å²) in [5.74, 6) is 0.300. The van der Waals surface area contributed by atoms with E-state index < -0.39 is 10.0 Å². The lowest BCUT2D eigenvalue weighted by Gasteiger charge is -2.32. The molecule has 0 aromatic rings. The summed E-state index contributed by atoms with van der Waals surface area (Å²) in [5.41, 5.74) is 0. The highest BCUT2D eigenvalue weighted by atomic mass is 32.2. The molecule has 0 aliphatic carbocycles. The van der Waals surface area contributed by atoms with Crippen molar-refractivity contribution in [3.63, 3.8) is 0 Å². The molecule has 106 valence electrons. The van der Waals surface area contributed by atoms with Crippen LogP contribution < -0.4 is 5.32 Å². The maximum Gasteiger partial charge on any atom is 0.214 e. The fourth-order valence-corrected chi connectivity index (χ4v) is 4.22. The van der Waals surface area contributed by atoms with Gasteiger partial charge in [0.25, 0.3) is 0 Å². The van der Waals surface area contributed by atoms with Gasteiger partial charge in [0.15, 0.2) is 0 Å². The second-order valence-electron chi connectivity index (χ2n) is 5.45. The average molecular weight is 275 g/mol. The zero-order valence-corrected chi connectivity index (χ0v) is 12.1. The minimum absolute atomic E-state index is 0.300. The minimum Gasteiger partial charge on any atom is -0.314 e. The standard InChI is InChI=1S/C12H25N3O2S/c1-14-7-9-15(10-8-14)18(16,17)11-5-12-4-2-3-6-13-12/h12-13H,2-11H2,1H3. The molecule has 2 heterocycles. The van der Waals surface area contributed by atoms with Crippen LogP contribution in [0, 0.1) is 0 Å². The molecule has 0 aromatic carbocycles. The first kappa shape index (κ1) is 14.2. The van der Waals surface area contributed by atoms with Crippen LogP contribution in [0.2, 0.25) is 0 Å². The maximum absolute atomic E-state index is 12.2. The summed E-state index contributed by atoms with van der Waals surface area (Å²) in [6.45, 7) is 4.04. The van der Waals surface area contributed by atoms with Crippen LogP contribution in [-0.4, -0.2) is 69.2 Å². The molecule has 0 aromatic heterocycles. The average Bonchev–Trinajstić information content (AvgIpc) is 2.38. The first-order valence-corrected chi connectivity index (χ1v) is 8.58. The smallest absolute Gasteiger partial charge is 0.214 e. The fraction of sp³-hybridized carbons (Fsp3) is 1.00. The van der Waals surface area contributed by atoms with E-state index in [1.165, 1.54) is 12.8 Å². The topological polar surface area (TPSA) is 52.7 Å². The second kappa shape index (κ2) is 6.32. The van der Waals surface area contributed by atoms with Crippen LogP contribution in [0.4, 0.5) is 0 Å². The van der Waals surface area contributed by atoms with Gasteiger partial charge in [-0.2, -0.15) is 4.31 Å². The largest absolute Gasteiger partial charge is 0.314 e. The molecule has 5 nitrogen and oxygen atoms in total. The van der Waals surface area contributed by atoms with Gasteiger partial charge in [0.1, 0.15) is 0 Å². The lowest BCUT2D eigenvalue weighted by molar-refractivity contribution is 0.222. The van der Waals surface area contributed by atoms with Gasteiger partial charge in [0.05, 0.1) is 5.75 Å². The Balaban J connectivity index is 1.79. The van der Waals surface area contributed by atoms with E-state index >= 15 is 0 Å². The van der Waals surface area contributed by atoms with Gasteiger partial charge in [-0.15, -0.1) is 0 Å². The van der Waals surface area contributed by atoms with Gasteiger partial charge in [-0.3, -0.25) is 0 Å². The number of sulfonamides is 1. The van der Waals surface area contributed by atoms with Crippen LogP contribution in [0.25, 0.3) is 0 Å². The van der Waals surface area contributed by atoms with E-state index in [2.05, 4.69) is 10.2 Å². The first-order valence-electron chi connectivity index (χ1n) is 6.98. The molecule has 1 atom stereocenters. The normalized spacial score (nSPS) is 28.4. The fourth-order valence-electron chi connectivity index (χ4n) is 2.66. The predicted octanol–water partition coefficient (Wildman–Crippen LogP) is 0.0958. The number of rotatable bonds is 4. The number of hydrogen-bond acceptors (Lipinski definition) is 4. The van der Waals surface area contributed by atoms with Crippen molar-refractivity contribution in [3.05, 3.63) is 0 Å². The first-order chi connectivity index (χ1) is 8.58. The van der Waals surface area contributed by atoms with E-state index in [1.54, 1.807) is 4.31 Å². The van der Waals surface area contributed by atoms with E-state index in [0.29, 0.717) is 24.9 Å². The molecule has 1 N–H and O–H groups in total. The zero-order valence-electron chi connectivity index (χ0n) is 11.3. The number of piperidine rings is 1. The van der Waals surface area contributed by atoms with E-state index in [1.807, 2.05) is 7.05 Å². The number of nitrogens with zero attached hydrogens (tertiary/aromatic N) is 2. The van der Waals surface area contributed by atoms with Crippen molar-refractivity contribution in [2.75, 3.05) is 45.5 Å². The lowest BCUT2D eigenvalue weighted by Crippen LogP contribution is -2.48. The molecule has 2 rings (SSSR count). The van der Waals surface area contributed by atoms with E-state index in [4.69, 9.17) is 0 Å². The molecule has 18 heavy (non-hydrogen) atoms. The Hall–Kier alpha value is -0.170. The number of piperazine rings is 1. The highest BCUT2D eigenvalue weighted by molar-refractivity contribution is 7.89. The Morgan fingerprint density at radius 2 is 1.89 bits per heavy atom. The third-order valence-electron chi connectivity index (χ3n) is 3.99. The van der Waals surface area contributed by atoms with Crippen LogP contribution in [0.15, 0.2) is 0 Å². The quantitative estimate of drug-likeness (QED) is 0.790. The summed E-state index contributed by atoms with van der Waals surface area (Å²) in [7, 11) is -1.00. The zero-order chi connectivity index (χ0) is 13.0. The molecule has 0 spiro atoms. The third kappa shape index (κ3) is 3.91. The van der Waals surface area contributed by atoms with Crippen LogP contribution >= 0.6 is 0 Å². The second-order valence-corrected chi connectivity index (χ2v) is 7.54. The summed E-state index contributed by atoms with van der Waals surface area (Å²) in [5, 5.41) is 3.41. The molecule has 1 unspecified atom stereocenters. The van der Waals surface area contributed by atoms with Gasteiger partial charge in [0.2, 0.25) is 10.0 Å². The molecule has 0 bridgehead atoms. The van der Waals surface area contributed by atoms with Crippen molar-refractivity contribution in [1.82, 2.24) is 14.5 Å². The molecule has 0 amide bonds. The van der Waals surface area contributed by atoms with Crippen LogP contribution in [0.3, 0.4) is 0 Å². The third-order valence-corrected chi connectivity index (χ3v) is 5.90. The Bertz CT molecular complexity index is 344. The van der Waals surface area contributed by atoms with Crippen molar-refractivity contribution in [2.24, 2.45) is 0 Å².